The Morgan fingerprint density at radius 3 is 2.63 bits per heavy atom. The van der Waals surface area contributed by atoms with Crippen LogP contribution in [0.5, 0.6) is 0 Å². The Labute approximate surface area is 112 Å². The van der Waals surface area contributed by atoms with E-state index >= 15 is 0 Å². The van der Waals surface area contributed by atoms with E-state index in [2.05, 4.69) is 0 Å². The second-order valence-electron chi connectivity index (χ2n) is 4.57. The van der Waals surface area contributed by atoms with Gasteiger partial charge in [0.1, 0.15) is 12.1 Å². The maximum absolute atomic E-state index is 12.0. The van der Waals surface area contributed by atoms with Crippen LogP contribution >= 0.6 is 0 Å². The molecular weight excluding hydrogens is 244 g/mol. The van der Waals surface area contributed by atoms with Gasteiger partial charge in [0.2, 0.25) is 5.91 Å². The Kier molecular flexibility index (Phi) is 4.16. The van der Waals surface area contributed by atoms with Crippen LogP contribution in [0, 0.1) is 0 Å². The summed E-state index contributed by atoms with van der Waals surface area (Å²) in [6, 6.07) is 8.91. The molecule has 0 saturated carbocycles. The van der Waals surface area contributed by atoms with Crippen LogP contribution in [0.1, 0.15) is 12.5 Å². The lowest BCUT2D eigenvalue weighted by Gasteiger charge is -2.17. The number of benzene rings is 1. The van der Waals surface area contributed by atoms with Crippen LogP contribution in [-0.2, 0) is 20.7 Å². The predicted molar refractivity (Wildman–Crippen MR) is 70.3 cm³/mol. The molecule has 2 N–H and O–H groups in total. The first-order valence-corrected chi connectivity index (χ1v) is 6.39. The third-order valence-electron chi connectivity index (χ3n) is 3.21. The van der Waals surface area contributed by atoms with Crippen LogP contribution in [0.4, 0.5) is 0 Å². The van der Waals surface area contributed by atoms with Gasteiger partial charge in [-0.1, -0.05) is 30.3 Å². The Balaban J connectivity index is 2.07. The van der Waals surface area contributed by atoms with Crippen molar-refractivity contribution in [2.24, 2.45) is 5.73 Å². The highest BCUT2D eigenvalue weighted by Gasteiger charge is 2.46. The van der Waals surface area contributed by atoms with E-state index in [1.807, 2.05) is 30.3 Å². The smallest absolute Gasteiger partial charge is 0.323 e. The minimum absolute atomic E-state index is 0.296. The zero-order chi connectivity index (χ0) is 13.8. The molecule has 1 amide bonds. The monoisotopic (exact) mass is 262 g/mol. The van der Waals surface area contributed by atoms with Crippen molar-refractivity contribution < 1.29 is 14.3 Å². The van der Waals surface area contributed by atoms with E-state index in [1.165, 1.54) is 0 Å². The predicted octanol–water partition coefficient (Wildman–Crippen LogP) is 0.330. The maximum Gasteiger partial charge on any atom is 0.323 e. The Hall–Kier alpha value is -1.88. The number of hydrogen-bond donors (Lipinski definition) is 1. The van der Waals surface area contributed by atoms with Crippen LogP contribution in [0.3, 0.4) is 0 Å². The Morgan fingerprint density at radius 1 is 1.42 bits per heavy atom. The van der Waals surface area contributed by atoms with E-state index < -0.39 is 6.04 Å². The number of nitrogens with two attached hydrogens (primary N) is 1. The van der Waals surface area contributed by atoms with Gasteiger partial charge in [0.25, 0.3) is 0 Å². The third kappa shape index (κ3) is 3.32. The van der Waals surface area contributed by atoms with Gasteiger partial charge < -0.3 is 10.5 Å². The largest absolute Gasteiger partial charge is 0.465 e. The summed E-state index contributed by atoms with van der Waals surface area (Å²) < 4.78 is 5.07. The van der Waals surface area contributed by atoms with Gasteiger partial charge in [0, 0.05) is 6.54 Å². The van der Waals surface area contributed by atoms with Crippen molar-refractivity contribution in [3.05, 3.63) is 35.9 Å². The number of amides is 1. The molecule has 0 radical (unpaired) electrons. The fourth-order valence-corrected chi connectivity index (χ4v) is 2.16. The first-order chi connectivity index (χ1) is 9.13. The molecule has 3 atom stereocenters. The highest BCUT2D eigenvalue weighted by molar-refractivity contribution is 5.85. The lowest BCUT2D eigenvalue weighted by atomic mass is 10.1. The van der Waals surface area contributed by atoms with Gasteiger partial charge in [-0.2, -0.15) is 0 Å². The number of carbonyl (C=O) groups excluding carboxylic acids is 2. The van der Waals surface area contributed by atoms with Crippen molar-refractivity contribution >= 4 is 11.9 Å². The van der Waals surface area contributed by atoms with Gasteiger partial charge in [-0.05, 0) is 18.9 Å². The Morgan fingerprint density at radius 2 is 2.11 bits per heavy atom. The molecule has 1 aromatic rings. The second kappa shape index (κ2) is 5.84. The van der Waals surface area contributed by atoms with Crippen molar-refractivity contribution in [2.45, 2.75) is 25.4 Å². The molecule has 0 spiro atoms. The van der Waals surface area contributed by atoms with Crippen molar-refractivity contribution in [1.82, 2.24) is 4.90 Å². The van der Waals surface area contributed by atoms with Gasteiger partial charge in [-0.15, -0.1) is 0 Å². The molecule has 0 aliphatic carbocycles. The van der Waals surface area contributed by atoms with Crippen LogP contribution in [0.15, 0.2) is 30.3 Å². The summed E-state index contributed by atoms with van der Waals surface area (Å²) in [5.41, 5.74) is 6.30. The minimum Gasteiger partial charge on any atom is -0.465 e. The van der Waals surface area contributed by atoms with E-state index in [-0.39, 0.29) is 17.9 Å². The fraction of sp³-hybridized carbons (Fsp3) is 0.429. The van der Waals surface area contributed by atoms with E-state index in [0.717, 1.165) is 5.56 Å². The van der Waals surface area contributed by atoms with Gasteiger partial charge in [0.05, 0.1) is 6.61 Å². The van der Waals surface area contributed by atoms with E-state index in [0.29, 0.717) is 19.6 Å². The number of esters is 1. The number of nitrogens with zero attached hydrogens (tertiary/aromatic N) is 1. The maximum atomic E-state index is 12.0. The Bertz CT molecular complexity index is 461. The molecule has 1 aromatic carbocycles. The normalized spacial score (nSPS) is 22.6. The molecule has 1 unspecified atom stereocenters. The van der Waals surface area contributed by atoms with Crippen LogP contribution in [-0.4, -0.2) is 42.0 Å². The number of hydrogen-bond acceptors (Lipinski definition) is 4. The molecule has 1 saturated heterocycles. The zero-order valence-electron chi connectivity index (χ0n) is 10.9. The summed E-state index contributed by atoms with van der Waals surface area (Å²) in [5, 5.41) is 0. The quantitative estimate of drug-likeness (QED) is 0.592. The average molecular weight is 262 g/mol. The highest BCUT2D eigenvalue weighted by atomic mass is 16.5. The molecule has 19 heavy (non-hydrogen) atoms. The second-order valence-corrected chi connectivity index (χ2v) is 4.57. The van der Waals surface area contributed by atoms with E-state index in [1.54, 1.807) is 11.8 Å². The van der Waals surface area contributed by atoms with Gasteiger partial charge >= 0.3 is 5.97 Å². The molecular formula is C14H18N2O3. The van der Waals surface area contributed by atoms with Gasteiger partial charge in [-0.3, -0.25) is 14.5 Å². The highest BCUT2D eigenvalue weighted by Crippen LogP contribution is 2.24. The summed E-state index contributed by atoms with van der Waals surface area (Å²) in [6.45, 7) is 2.64. The number of ether oxygens (including phenoxy) is 1. The van der Waals surface area contributed by atoms with Gasteiger partial charge in [0.15, 0.2) is 0 Å². The summed E-state index contributed by atoms with van der Waals surface area (Å²) in [4.78, 5) is 24.9. The molecule has 0 aromatic heterocycles. The molecule has 5 nitrogen and oxygen atoms in total. The topological polar surface area (TPSA) is 72.4 Å². The number of primary amides is 1. The summed E-state index contributed by atoms with van der Waals surface area (Å²) in [6.07, 6.45) is 0.531. The molecule has 1 aliphatic rings. The molecule has 102 valence electrons. The first kappa shape index (κ1) is 13.5. The van der Waals surface area contributed by atoms with Crippen LogP contribution in [0.2, 0.25) is 0 Å². The summed E-state index contributed by atoms with van der Waals surface area (Å²) in [7, 11) is 0. The van der Waals surface area contributed by atoms with Crippen molar-refractivity contribution in [3.8, 4) is 0 Å². The summed E-state index contributed by atoms with van der Waals surface area (Å²) in [5.74, 6) is -0.683. The lowest BCUT2D eigenvalue weighted by Crippen LogP contribution is -2.36. The van der Waals surface area contributed by atoms with Crippen LogP contribution in [0.25, 0.3) is 0 Å². The SMILES string of the molecule is CCOC(=O)[C@H](Cc1ccccc1)N1C[C@@H]1C(N)=O. The van der Waals surface area contributed by atoms with Gasteiger partial charge in [-0.25, -0.2) is 0 Å². The van der Waals surface area contributed by atoms with Crippen molar-refractivity contribution in [3.63, 3.8) is 0 Å². The first-order valence-electron chi connectivity index (χ1n) is 6.39. The van der Waals surface area contributed by atoms with E-state index in [4.69, 9.17) is 10.5 Å². The summed E-state index contributed by atoms with van der Waals surface area (Å²) >= 11 is 0. The standard InChI is InChI=1S/C14H18N2O3/c1-2-19-14(18)11(16-9-12(16)13(15)17)8-10-6-4-3-5-7-10/h3-7,11-12H,2,8-9H2,1H3,(H2,15,17)/t11-,12+,16?/m0/s1. The average Bonchev–Trinajstić information content (AvgIpc) is 3.17. The zero-order valence-corrected chi connectivity index (χ0v) is 10.9. The number of carbonyl (C=O) groups is 2. The molecule has 1 fully saturated rings. The van der Waals surface area contributed by atoms with Crippen molar-refractivity contribution in [2.75, 3.05) is 13.2 Å². The molecule has 1 aliphatic heterocycles. The fourth-order valence-electron chi connectivity index (χ4n) is 2.16. The molecule has 2 rings (SSSR count). The lowest BCUT2D eigenvalue weighted by molar-refractivity contribution is -0.147. The minimum atomic E-state index is -0.431. The molecule has 0 bridgehead atoms. The van der Waals surface area contributed by atoms with E-state index in [9.17, 15) is 9.59 Å². The van der Waals surface area contributed by atoms with Crippen molar-refractivity contribution in [1.29, 1.82) is 0 Å². The third-order valence-corrected chi connectivity index (χ3v) is 3.21. The van der Waals surface area contributed by atoms with Crippen LogP contribution < -0.4 is 5.73 Å². The molecule has 1 heterocycles. The molecule has 5 heteroatoms. The number of rotatable bonds is 6.